The van der Waals surface area contributed by atoms with E-state index in [1.165, 1.54) is 11.1 Å². The minimum atomic E-state index is -0.340. The highest BCUT2D eigenvalue weighted by Gasteiger charge is 2.30. The number of hydroxylamine groups is 2. The zero-order chi connectivity index (χ0) is 20.6. The number of carbonyl (C=O) groups is 1. The van der Waals surface area contributed by atoms with Gasteiger partial charge in [0, 0.05) is 32.7 Å². The fourth-order valence-corrected chi connectivity index (χ4v) is 3.62. The highest BCUT2D eigenvalue weighted by Crippen LogP contribution is 2.19. The van der Waals surface area contributed by atoms with Gasteiger partial charge in [-0.1, -0.05) is 54.6 Å². The van der Waals surface area contributed by atoms with Crippen molar-refractivity contribution in [2.24, 2.45) is 5.73 Å². The van der Waals surface area contributed by atoms with Crippen LogP contribution in [0.2, 0.25) is 0 Å². The molecule has 1 saturated heterocycles. The molecule has 1 amide bonds. The predicted molar refractivity (Wildman–Crippen MR) is 115 cm³/mol. The molecule has 2 aromatic carbocycles. The minimum absolute atomic E-state index is 0.323. The molecule has 3 rings (SSSR count). The maximum Gasteiger partial charge on any atom is 0.237 e. The number of nitrogens with zero attached hydrogens (tertiary/aromatic N) is 3. The van der Waals surface area contributed by atoms with E-state index in [4.69, 9.17) is 10.6 Å². The molecule has 29 heavy (non-hydrogen) atoms. The normalized spacial score (nSPS) is 17.3. The summed E-state index contributed by atoms with van der Waals surface area (Å²) in [7, 11) is 4.21. The van der Waals surface area contributed by atoms with Gasteiger partial charge in [-0.05, 0) is 37.2 Å². The first kappa shape index (κ1) is 21.5. The van der Waals surface area contributed by atoms with E-state index in [1.807, 2.05) is 0 Å². The molecule has 1 aliphatic heterocycles. The number of hydrogen-bond donors (Lipinski definition) is 1. The van der Waals surface area contributed by atoms with Crippen LogP contribution in [-0.4, -0.2) is 60.6 Å². The lowest BCUT2D eigenvalue weighted by molar-refractivity contribution is -0.154. The van der Waals surface area contributed by atoms with Crippen LogP contribution in [0.3, 0.4) is 0 Å². The summed E-state index contributed by atoms with van der Waals surface area (Å²) in [5.74, 6) is -0.323. The molecule has 6 heteroatoms. The van der Waals surface area contributed by atoms with Gasteiger partial charge in [0.2, 0.25) is 5.91 Å². The minimum Gasteiger partial charge on any atom is -0.368 e. The molecule has 6 nitrogen and oxygen atoms in total. The van der Waals surface area contributed by atoms with Gasteiger partial charge in [-0.25, -0.2) is 0 Å². The monoisotopic (exact) mass is 396 g/mol. The maximum atomic E-state index is 11.6. The molecule has 1 fully saturated rings. The Morgan fingerprint density at radius 2 is 1.72 bits per heavy atom. The summed E-state index contributed by atoms with van der Waals surface area (Å²) in [5, 5.41) is 1.72. The average molecular weight is 397 g/mol. The molecule has 0 bridgehead atoms. The number of rotatable bonds is 10. The Bertz CT molecular complexity index is 781. The first-order valence-electron chi connectivity index (χ1n) is 10.2. The van der Waals surface area contributed by atoms with Crippen molar-refractivity contribution in [3.8, 4) is 0 Å². The Morgan fingerprint density at radius 1 is 1.03 bits per heavy atom. The van der Waals surface area contributed by atoms with Crippen molar-refractivity contribution in [3.05, 3.63) is 71.3 Å². The molecule has 2 N–H and O–H groups in total. The van der Waals surface area contributed by atoms with E-state index in [1.54, 1.807) is 5.06 Å². The van der Waals surface area contributed by atoms with Gasteiger partial charge >= 0.3 is 0 Å². The van der Waals surface area contributed by atoms with Gasteiger partial charge in [-0.2, -0.15) is 5.06 Å². The summed E-state index contributed by atoms with van der Waals surface area (Å²) in [5.41, 5.74) is 9.20. The molecule has 0 spiro atoms. The molecule has 0 aromatic heterocycles. The number of likely N-dealkylation sites (N-methyl/N-ethyl adjacent to an activating group) is 1. The van der Waals surface area contributed by atoms with Gasteiger partial charge in [0.15, 0.2) is 0 Å². The van der Waals surface area contributed by atoms with Gasteiger partial charge in [0.25, 0.3) is 0 Å². The molecule has 2 aromatic rings. The molecule has 1 aliphatic rings. The van der Waals surface area contributed by atoms with Crippen molar-refractivity contribution >= 4 is 5.91 Å². The van der Waals surface area contributed by atoms with Crippen molar-refractivity contribution in [1.29, 1.82) is 0 Å². The van der Waals surface area contributed by atoms with E-state index in [0.717, 1.165) is 31.7 Å². The Morgan fingerprint density at radius 3 is 2.45 bits per heavy atom. The van der Waals surface area contributed by atoms with Crippen molar-refractivity contribution in [3.63, 3.8) is 0 Å². The molecule has 0 saturated carbocycles. The van der Waals surface area contributed by atoms with Crippen LogP contribution in [0.5, 0.6) is 0 Å². The summed E-state index contributed by atoms with van der Waals surface area (Å²) in [6.45, 7) is 4.90. The van der Waals surface area contributed by atoms with Crippen LogP contribution in [0.4, 0.5) is 0 Å². The highest BCUT2D eigenvalue weighted by atomic mass is 16.7. The topological polar surface area (TPSA) is 62.0 Å². The van der Waals surface area contributed by atoms with E-state index in [9.17, 15) is 4.79 Å². The molecular formula is C23H32N4O2. The van der Waals surface area contributed by atoms with E-state index in [0.29, 0.717) is 19.6 Å². The second kappa shape index (κ2) is 10.5. The largest absolute Gasteiger partial charge is 0.368 e. The lowest BCUT2D eigenvalue weighted by atomic mass is 10.1. The number of hydrogen-bond acceptors (Lipinski definition) is 5. The highest BCUT2D eigenvalue weighted by molar-refractivity contribution is 5.79. The van der Waals surface area contributed by atoms with E-state index in [2.05, 4.69) is 78.5 Å². The van der Waals surface area contributed by atoms with Gasteiger partial charge in [0.1, 0.15) is 6.04 Å². The van der Waals surface area contributed by atoms with Crippen LogP contribution in [-0.2, 0) is 29.3 Å². The number of amides is 1. The standard InChI is InChI=1S/C23H32N4O2/c1-25(2)12-13-26(16-19-7-4-3-5-8-19)17-20-9-6-10-21(15-20)18-27-22(23(24)28)11-14-29-27/h3-10,15,22H,11-14,16-18H2,1-2H3,(H2,24,28)/t22-/m0/s1. The van der Waals surface area contributed by atoms with Crippen molar-refractivity contribution < 1.29 is 9.63 Å². The second-order valence-corrected chi connectivity index (χ2v) is 7.93. The maximum absolute atomic E-state index is 11.6. The summed E-state index contributed by atoms with van der Waals surface area (Å²) < 4.78 is 0. The molecule has 0 radical (unpaired) electrons. The molecule has 1 atom stereocenters. The van der Waals surface area contributed by atoms with E-state index >= 15 is 0 Å². The summed E-state index contributed by atoms with van der Waals surface area (Å²) in [6, 6.07) is 18.8. The van der Waals surface area contributed by atoms with Crippen LogP contribution in [0, 0.1) is 0 Å². The number of benzene rings is 2. The van der Waals surface area contributed by atoms with E-state index < -0.39 is 0 Å². The van der Waals surface area contributed by atoms with Crippen LogP contribution in [0.25, 0.3) is 0 Å². The number of carbonyl (C=O) groups excluding carboxylic acids is 1. The van der Waals surface area contributed by atoms with Crippen LogP contribution >= 0.6 is 0 Å². The van der Waals surface area contributed by atoms with Crippen molar-refractivity contribution in [1.82, 2.24) is 14.9 Å². The lowest BCUT2D eigenvalue weighted by Crippen LogP contribution is -2.39. The summed E-state index contributed by atoms with van der Waals surface area (Å²) in [4.78, 5) is 21.9. The zero-order valence-corrected chi connectivity index (χ0v) is 17.5. The lowest BCUT2D eigenvalue weighted by Gasteiger charge is -2.25. The van der Waals surface area contributed by atoms with Gasteiger partial charge < -0.3 is 10.6 Å². The Kier molecular flexibility index (Phi) is 7.77. The third-order valence-corrected chi connectivity index (χ3v) is 5.17. The molecular weight excluding hydrogens is 364 g/mol. The SMILES string of the molecule is CN(C)CCN(Cc1ccccc1)Cc1cccc(CN2OCC[C@H]2C(N)=O)c1. The third-order valence-electron chi connectivity index (χ3n) is 5.17. The number of nitrogens with two attached hydrogens (primary N) is 1. The Balaban J connectivity index is 1.67. The van der Waals surface area contributed by atoms with Crippen molar-refractivity contribution in [2.75, 3.05) is 33.8 Å². The smallest absolute Gasteiger partial charge is 0.237 e. The molecule has 156 valence electrons. The first-order valence-corrected chi connectivity index (χ1v) is 10.2. The summed E-state index contributed by atoms with van der Waals surface area (Å²) >= 11 is 0. The summed E-state index contributed by atoms with van der Waals surface area (Å²) in [6.07, 6.45) is 0.657. The second-order valence-electron chi connectivity index (χ2n) is 7.93. The van der Waals surface area contributed by atoms with Gasteiger partial charge in [-0.15, -0.1) is 0 Å². The van der Waals surface area contributed by atoms with Gasteiger partial charge in [-0.3, -0.25) is 14.5 Å². The first-order chi connectivity index (χ1) is 14.0. The Hall–Kier alpha value is -2.25. The van der Waals surface area contributed by atoms with Gasteiger partial charge in [0.05, 0.1) is 6.61 Å². The average Bonchev–Trinajstić information content (AvgIpc) is 3.15. The molecule has 1 heterocycles. The fourth-order valence-electron chi connectivity index (χ4n) is 3.62. The van der Waals surface area contributed by atoms with Crippen LogP contribution in [0.15, 0.2) is 54.6 Å². The zero-order valence-electron chi connectivity index (χ0n) is 17.5. The molecule has 0 aliphatic carbocycles. The number of primary amides is 1. The van der Waals surface area contributed by atoms with Crippen molar-refractivity contribution in [2.45, 2.75) is 32.1 Å². The Labute approximate surface area is 173 Å². The van der Waals surface area contributed by atoms with Crippen LogP contribution < -0.4 is 5.73 Å². The predicted octanol–water partition coefficient (Wildman–Crippen LogP) is 2.24. The van der Waals surface area contributed by atoms with Crippen LogP contribution in [0.1, 0.15) is 23.1 Å². The quantitative estimate of drug-likeness (QED) is 0.667. The van der Waals surface area contributed by atoms with E-state index in [-0.39, 0.29) is 11.9 Å². The third kappa shape index (κ3) is 6.65. The molecule has 0 unspecified atom stereocenters. The fraction of sp³-hybridized carbons (Fsp3) is 0.435.